The zero-order chi connectivity index (χ0) is 17.7. The quantitative estimate of drug-likeness (QED) is 0.873. The van der Waals surface area contributed by atoms with Crippen LogP contribution in [0.2, 0.25) is 0 Å². The molecule has 5 heteroatoms. The van der Waals surface area contributed by atoms with Crippen LogP contribution in [0.25, 0.3) is 11.1 Å². The van der Waals surface area contributed by atoms with E-state index in [0.717, 1.165) is 6.42 Å². The van der Waals surface area contributed by atoms with Crippen molar-refractivity contribution in [2.75, 3.05) is 19.7 Å². The van der Waals surface area contributed by atoms with E-state index in [2.05, 4.69) is 29.6 Å². The summed E-state index contributed by atoms with van der Waals surface area (Å²) in [5.74, 6) is 0.301. The number of nitrogens with one attached hydrogen (secondary N) is 1. The Morgan fingerprint density at radius 1 is 1.12 bits per heavy atom. The number of benzene rings is 2. The van der Waals surface area contributed by atoms with E-state index in [1.165, 1.54) is 22.3 Å². The van der Waals surface area contributed by atoms with Crippen molar-refractivity contribution in [2.45, 2.75) is 18.4 Å². The number of ether oxygens (including phenoxy) is 1. The standard InChI is InChI=1S/C21H20N2O3/c24-19-11-22-18-9-10-23(20(18)19)21(25)26-12-17-15-7-3-1-5-13(15)14-6-2-4-8-16(14)17/h1-8,17-18,22,24H,9-12H2. The van der Waals surface area contributed by atoms with E-state index in [0.29, 0.717) is 25.4 Å². The second-order valence-corrected chi connectivity index (χ2v) is 7.01. The minimum absolute atomic E-state index is 0.0500. The molecule has 2 aromatic carbocycles. The molecule has 0 radical (unpaired) electrons. The van der Waals surface area contributed by atoms with Gasteiger partial charge in [0.1, 0.15) is 12.4 Å². The van der Waals surface area contributed by atoms with Crippen LogP contribution in [-0.4, -0.2) is 41.8 Å². The molecule has 2 aliphatic heterocycles. The number of carbonyl (C=O) groups is 1. The number of aliphatic hydroxyl groups is 1. The van der Waals surface area contributed by atoms with E-state index in [4.69, 9.17) is 4.74 Å². The molecule has 2 aromatic rings. The Morgan fingerprint density at radius 3 is 2.46 bits per heavy atom. The topological polar surface area (TPSA) is 61.8 Å². The number of aliphatic hydroxyl groups excluding tert-OH is 1. The van der Waals surface area contributed by atoms with Gasteiger partial charge in [-0.25, -0.2) is 4.79 Å². The third kappa shape index (κ3) is 2.24. The SMILES string of the molecule is O=C(OCC1c2ccccc2-c2ccccc21)N1CCC2NCC(O)=C21. The highest BCUT2D eigenvalue weighted by atomic mass is 16.6. The Hall–Kier alpha value is -2.79. The lowest BCUT2D eigenvalue weighted by Crippen LogP contribution is -2.30. The van der Waals surface area contributed by atoms with Crippen molar-refractivity contribution in [1.29, 1.82) is 0 Å². The zero-order valence-electron chi connectivity index (χ0n) is 14.3. The molecule has 0 spiro atoms. The molecular formula is C21H20N2O3. The lowest BCUT2D eigenvalue weighted by Gasteiger charge is -2.20. The van der Waals surface area contributed by atoms with Gasteiger partial charge < -0.3 is 15.2 Å². The van der Waals surface area contributed by atoms with Crippen molar-refractivity contribution in [1.82, 2.24) is 10.2 Å². The summed E-state index contributed by atoms with van der Waals surface area (Å²) >= 11 is 0. The maximum Gasteiger partial charge on any atom is 0.414 e. The van der Waals surface area contributed by atoms with Crippen molar-refractivity contribution >= 4 is 6.09 Å². The number of rotatable bonds is 2. The van der Waals surface area contributed by atoms with Crippen LogP contribution in [-0.2, 0) is 4.74 Å². The second kappa shape index (κ2) is 5.88. The number of amides is 1. The highest BCUT2D eigenvalue weighted by Crippen LogP contribution is 2.44. The fourth-order valence-electron chi connectivity index (χ4n) is 4.43. The van der Waals surface area contributed by atoms with Crippen LogP contribution in [0.4, 0.5) is 4.79 Å². The first-order valence-corrected chi connectivity index (χ1v) is 9.02. The summed E-state index contributed by atoms with van der Waals surface area (Å²) in [6.07, 6.45) is 0.434. The molecule has 1 amide bonds. The highest BCUT2D eigenvalue weighted by Gasteiger charge is 2.39. The molecule has 0 bridgehead atoms. The van der Waals surface area contributed by atoms with Crippen molar-refractivity contribution in [3.63, 3.8) is 0 Å². The molecule has 1 unspecified atom stereocenters. The Bertz CT molecular complexity index is 875. The molecule has 0 saturated carbocycles. The fraction of sp³-hybridized carbons (Fsp3) is 0.286. The van der Waals surface area contributed by atoms with Crippen LogP contribution in [0.15, 0.2) is 60.0 Å². The van der Waals surface area contributed by atoms with E-state index in [1.54, 1.807) is 4.90 Å². The van der Waals surface area contributed by atoms with Gasteiger partial charge in [-0.15, -0.1) is 0 Å². The molecule has 1 fully saturated rings. The van der Waals surface area contributed by atoms with Crippen LogP contribution in [0.3, 0.4) is 0 Å². The van der Waals surface area contributed by atoms with Gasteiger partial charge >= 0.3 is 6.09 Å². The molecule has 132 valence electrons. The zero-order valence-corrected chi connectivity index (χ0v) is 14.3. The number of carbonyl (C=O) groups excluding carboxylic acids is 1. The van der Waals surface area contributed by atoms with Gasteiger partial charge in [0.15, 0.2) is 0 Å². The molecule has 5 nitrogen and oxygen atoms in total. The number of hydrogen-bond donors (Lipinski definition) is 2. The van der Waals surface area contributed by atoms with Crippen molar-refractivity contribution in [3.05, 3.63) is 71.1 Å². The van der Waals surface area contributed by atoms with Crippen molar-refractivity contribution in [2.24, 2.45) is 0 Å². The summed E-state index contributed by atoms with van der Waals surface area (Å²) in [6, 6.07) is 16.6. The molecule has 3 aliphatic rings. The predicted molar refractivity (Wildman–Crippen MR) is 97.8 cm³/mol. The predicted octanol–water partition coefficient (Wildman–Crippen LogP) is 3.38. The molecule has 1 saturated heterocycles. The molecular weight excluding hydrogens is 328 g/mol. The normalized spacial score (nSPS) is 20.9. The summed E-state index contributed by atoms with van der Waals surface area (Å²) in [7, 11) is 0. The number of nitrogens with zero attached hydrogens (tertiary/aromatic N) is 1. The molecule has 5 rings (SSSR count). The summed E-state index contributed by atoms with van der Waals surface area (Å²) in [6.45, 7) is 1.30. The van der Waals surface area contributed by atoms with E-state index in [1.807, 2.05) is 24.3 Å². The van der Waals surface area contributed by atoms with Gasteiger partial charge in [0.2, 0.25) is 0 Å². The largest absolute Gasteiger partial charge is 0.509 e. The Balaban J connectivity index is 1.38. The minimum Gasteiger partial charge on any atom is -0.509 e. The Labute approximate surface area is 151 Å². The van der Waals surface area contributed by atoms with Crippen LogP contribution < -0.4 is 5.32 Å². The maximum atomic E-state index is 12.6. The van der Waals surface area contributed by atoms with Crippen LogP contribution >= 0.6 is 0 Å². The van der Waals surface area contributed by atoms with Gasteiger partial charge in [-0.3, -0.25) is 4.90 Å². The van der Waals surface area contributed by atoms with E-state index in [-0.39, 0.29) is 23.8 Å². The molecule has 1 atom stereocenters. The van der Waals surface area contributed by atoms with Gasteiger partial charge in [0.05, 0.1) is 18.3 Å². The average Bonchev–Trinajstić information content (AvgIpc) is 3.34. The summed E-state index contributed by atoms with van der Waals surface area (Å²) in [4.78, 5) is 14.2. The first kappa shape index (κ1) is 15.5. The van der Waals surface area contributed by atoms with E-state index >= 15 is 0 Å². The number of fused-ring (bicyclic) bond motifs is 4. The fourth-order valence-corrected chi connectivity index (χ4v) is 4.43. The van der Waals surface area contributed by atoms with Crippen LogP contribution in [0, 0.1) is 0 Å². The van der Waals surface area contributed by atoms with Crippen LogP contribution in [0.5, 0.6) is 0 Å². The van der Waals surface area contributed by atoms with Gasteiger partial charge in [-0.1, -0.05) is 48.5 Å². The lowest BCUT2D eigenvalue weighted by atomic mass is 9.98. The smallest absolute Gasteiger partial charge is 0.414 e. The van der Waals surface area contributed by atoms with Crippen molar-refractivity contribution in [3.8, 4) is 11.1 Å². The third-order valence-corrected chi connectivity index (χ3v) is 5.63. The molecule has 1 aliphatic carbocycles. The van der Waals surface area contributed by atoms with E-state index < -0.39 is 0 Å². The Kier molecular flexibility index (Phi) is 3.50. The molecule has 26 heavy (non-hydrogen) atoms. The second-order valence-electron chi connectivity index (χ2n) is 7.01. The van der Waals surface area contributed by atoms with Gasteiger partial charge in [0, 0.05) is 12.5 Å². The summed E-state index contributed by atoms with van der Waals surface area (Å²) in [5, 5.41) is 13.2. The summed E-state index contributed by atoms with van der Waals surface area (Å²) in [5.41, 5.74) is 5.51. The summed E-state index contributed by atoms with van der Waals surface area (Å²) < 4.78 is 5.69. The average molecular weight is 348 g/mol. The van der Waals surface area contributed by atoms with Crippen molar-refractivity contribution < 1.29 is 14.6 Å². The monoisotopic (exact) mass is 348 g/mol. The lowest BCUT2D eigenvalue weighted by molar-refractivity contribution is 0.113. The van der Waals surface area contributed by atoms with Crippen LogP contribution in [0.1, 0.15) is 23.5 Å². The number of hydrogen-bond acceptors (Lipinski definition) is 4. The first-order chi connectivity index (χ1) is 12.7. The maximum absolute atomic E-state index is 12.6. The first-order valence-electron chi connectivity index (χ1n) is 9.02. The minimum atomic E-state index is -0.375. The van der Waals surface area contributed by atoms with E-state index in [9.17, 15) is 9.90 Å². The van der Waals surface area contributed by atoms with Gasteiger partial charge in [0.25, 0.3) is 0 Å². The Morgan fingerprint density at radius 2 is 1.77 bits per heavy atom. The molecule has 0 aromatic heterocycles. The van der Waals surface area contributed by atoms with Gasteiger partial charge in [-0.05, 0) is 28.7 Å². The number of likely N-dealkylation sites (tertiary alicyclic amines) is 1. The molecule has 2 N–H and O–H groups in total. The third-order valence-electron chi connectivity index (χ3n) is 5.63. The highest BCUT2D eigenvalue weighted by molar-refractivity contribution is 5.79. The van der Waals surface area contributed by atoms with Gasteiger partial charge in [-0.2, -0.15) is 0 Å². The molecule has 2 heterocycles.